The topological polar surface area (TPSA) is 12.4 Å². The van der Waals surface area contributed by atoms with Crippen LogP contribution in [0.1, 0.15) is 16.7 Å². The van der Waals surface area contributed by atoms with E-state index in [1.807, 2.05) is 34.7 Å². The van der Waals surface area contributed by atoms with Crippen LogP contribution in [0.3, 0.4) is 0 Å². The van der Waals surface area contributed by atoms with Crippen LogP contribution < -0.4 is 0 Å². The standard InChI is InChI=1S/C10H11NS2/c1-2-8-3-4-10(13-8)9-7-12-6-5-11-9/h3-6H,2,7H2,1H3. The lowest BCUT2D eigenvalue weighted by Gasteiger charge is -2.03. The maximum atomic E-state index is 4.37. The third-order valence-electron chi connectivity index (χ3n) is 1.90. The van der Waals surface area contributed by atoms with Crippen LogP contribution >= 0.6 is 23.1 Å². The third kappa shape index (κ3) is 2.03. The van der Waals surface area contributed by atoms with Gasteiger partial charge in [-0.3, -0.25) is 4.99 Å². The van der Waals surface area contributed by atoms with Gasteiger partial charge >= 0.3 is 0 Å². The van der Waals surface area contributed by atoms with Gasteiger partial charge in [0, 0.05) is 21.7 Å². The molecule has 0 N–H and O–H groups in total. The van der Waals surface area contributed by atoms with Crippen molar-refractivity contribution in [3.05, 3.63) is 33.5 Å². The molecule has 0 atom stereocenters. The monoisotopic (exact) mass is 209 g/mol. The molecule has 0 bridgehead atoms. The van der Waals surface area contributed by atoms with Gasteiger partial charge in [0.1, 0.15) is 0 Å². The average Bonchev–Trinajstić information content (AvgIpc) is 2.67. The van der Waals surface area contributed by atoms with Crippen LogP contribution in [0.15, 0.2) is 28.7 Å². The van der Waals surface area contributed by atoms with E-state index in [1.54, 1.807) is 0 Å². The van der Waals surface area contributed by atoms with Gasteiger partial charge in [0.2, 0.25) is 0 Å². The van der Waals surface area contributed by atoms with Gasteiger partial charge in [-0.15, -0.1) is 23.1 Å². The first-order valence-corrected chi connectivity index (χ1v) is 6.19. The van der Waals surface area contributed by atoms with Crippen molar-refractivity contribution >= 4 is 28.8 Å². The summed E-state index contributed by atoms with van der Waals surface area (Å²) in [5, 5.41) is 2.04. The van der Waals surface area contributed by atoms with E-state index in [1.165, 1.54) is 15.5 Å². The van der Waals surface area contributed by atoms with Gasteiger partial charge < -0.3 is 0 Å². The third-order valence-corrected chi connectivity index (χ3v) is 3.93. The van der Waals surface area contributed by atoms with Crippen LogP contribution in [0.2, 0.25) is 0 Å². The van der Waals surface area contributed by atoms with Gasteiger partial charge in [0.05, 0.1) is 5.71 Å². The van der Waals surface area contributed by atoms with Crippen LogP contribution in [0.4, 0.5) is 0 Å². The molecule has 0 saturated heterocycles. The molecular weight excluding hydrogens is 198 g/mol. The van der Waals surface area contributed by atoms with Gasteiger partial charge in [-0.2, -0.15) is 0 Å². The molecule has 1 aliphatic heterocycles. The summed E-state index contributed by atoms with van der Waals surface area (Å²) in [5.41, 5.74) is 1.22. The predicted molar refractivity (Wildman–Crippen MR) is 61.8 cm³/mol. The van der Waals surface area contributed by atoms with E-state index in [9.17, 15) is 0 Å². The number of hydrogen-bond donors (Lipinski definition) is 0. The van der Waals surface area contributed by atoms with Crippen molar-refractivity contribution in [3.8, 4) is 0 Å². The van der Waals surface area contributed by atoms with Crippen molar-refractivity contribution in [3.63, 3.8) is 0 Å². The average molecular weight is 209 g/mol. The maximum Gasteiger partial charge on any atom is 0.0678 e. The highest BCUT2D eigenvalue weighted by Gasteiger charge is 2.07. The van der Waals surface area contributed by atoms with E-state index < -0.39 is 0 Å². The van der Waals surface area contributed by atoms with E-state index in [-0.39, 0.29) is 0 Å². The second-order valence-electron chi connectivity index (χ2n) is 2.79. The molecule has 0 amide bonds. The second-order valence-corrected chi connectivity index (χ2v) is 4.85. The minimum Gasteiger partial charge on any atom is -0.258 e. The van der Waals surface area contributed by atoms with Gasteiger partial charge in [-0.05, 0) is 24.0 Å². The maximum absolute atomic E-state index is 4.37. The minimum absolute atomic E-state index is 1.01. The number of aliphatic imine (C=N–C) groups is 1. The molecule has 68 valence electrons. The summed E-state index contributed by atoms with van der Waals surface area (Å²) >= 11 is 3.67. The van der Waals surface area contributed by atoms with Crippen LogP contribution in [0, 0.1) is 0 Å². The smallest absolute Gasteiger partial charge is 0.0678 e. The van der Waals surface area contributed by atoms with Crippen molar-refractivity contribution in [1.82, 2.24) is 0 Å². The number of nitrogens with zero attached hydrogens (tertiary/aromatic N) is 1. The molecule has 0 saturated carbocycles. The summed E-state index contributed by atoms with van der Waals surface area (Å²) < 4.78 is 0. The molecule has 1 nitrogen and oxygen atoms in total. The van der Waals surface area contributed by atoms with Crippen LogP contribution in [-0.2, 0) is 6.42 Å². The fourth-order valence-corrected chi connectivity index (χ4v) is 2.85. The second kappa shape index (κ2) is 4.11. The molecule has 0 aliphatic carbocycles. The fourth-order valence-electron chi connectivity index (χ4n) is 1.19. The Balaban J connectivity index is 2.24. The van der Waals surface area contributed by atoms with Crippen LogP contribution in [0.5, 0.6) is 0 Å². The lowest BCUT2D eigenvalue weighted by Crippen LogP contribution is -2.02. The highest BCUT2D eigenvalue weighted by atomic mass is 32.2. The number of hydrogen-bond acceptors (Lipinski definition) is 3. The van der Waals surface area contributed by atoms with E-state index in [2.05, 4.69) is 24.0 Å². The summed E-state index contributed by atoms with van der Waals surface area (Å²) in [4.78, 5) is 7.14. The summed E-state index contributed by atoms with van der Waals surface area (Å²) in [6.07, 6.45) is 3.01. The molecule has 1 aromatic heterocycles. The Morgan fingerprint density at radius 3 is 3.00 bits per heavy atom. The predicted octanol–water partition coefficient (Wildman–Crippen LogP) is 3.32. The van der Waals surface area contributed by atoms with Crippen molar-refractivity contribution in [2.45, 2.75) is 13.3 Å². The first kappa shape index (κ1) is 9.03. The molecule has 0 fully saturated rings. The Morgan fingerprint density at radius 1 is 1.46 bits per heavy atom. The molecular formula is C10H11NS2. The van der Waals surface area contributed by atoms with E-state index in [0.717, 1.165) is 12.2 Å². The molecule has 0 spiro atoms. The number of thioether (sulfide) groups is 1. The summed E-state index contributed by atoms with van der Waals surface area (Å²) in [5.74, 6) is 1.01. The molecule has 3 heteroatoms. The van der Waals surface area contributed by atoms with Crippen molar-refractivity contribution < 1.29 is 0 Å². The van der Waals surface area contributed by atoms with E-state index in [0.29, 0.717) is 0 Å². The Bertz CT molecular complexity index is 350. The highest BCUT2D eigenvalue weighted by Crippen LogP contribution is 2.21. The largest absolute Gasteiger partial charge is 0.258 e. The number of rotatable bonds is 2. The molecule has 1 aromatic rings. The molecule has 2 heterocycles. The summed E-state index contributed by atoms with van der Waals surface area (Å²) in [6.45, 7) is 2.19. The van der Waals surface area contributed by atoms with Gasteiger partial charge in [0.25, 0.3) is 0 Å². The molecule has 0 unspecified atom stereocenters. The zero-order valence-corrected chi connectivity index (χ0v) is 9.12. The van der Waals surface area contributed by atoms with Gasteiger partial charge in [-0.1, -0.05) is 6.92 Å². The van der Waals surface area contributed by atoms with Gasteiger partial charge in [-0.25, -0.2) is 0 Å². The molecule has 1 aliphatic rings. The molecule has 0 radical (unpaired) electrons. The van der Waals surface area contributed by atoms with E-state index in [4.69, 9.17) is 0 Å². The molecule has 0 aromatic carbocycles. The SMILES string of the molecule is CCc1ccc(C2=NC=CSC2)s1. The van der Waals surface area contributed by atoms with Gasteiger partial charge in [0.15, 0.2) is 0 Å². The van der Waals surface area contributed by atoms with Crippen molar-refractivity contribution in [2.75, 3.05) is 5.75 Å². The number of aryl methyl sites for hydroxylation is 1. The fraction of sp³-hybridized carbons (Fsp3) is 0.300. The highest BCUT2D eigenvalue weighted by molar-refractivity contribution is 8.02. The Hall–Kier alpha value is -0.540. The molecule has 13 heavy (non-hydrogen) atoms. The van der Waals surface area contributed by atoms with Crippen molar-refractivity contribution in [1.29, 1.82) is 0 Å². The number of thiophene rings is 1. The quantitative estimate of drug-likeness (QED) is 0.728. The first-order valence-electron chi connectivity index (χ1n) is 4.32. The normalized spacial score (nSPS) is 15.9. The summed E-state index contributed by atoms with van der Waals surface area (Å²) in [7, 11) is 0. The molecule has 2 rings (SSSR count). The van der Waals surface area contributed by atoms with Crippen LogP contribution in [-0.4, -0.2) is 11.5 Å². The minimum atomic E-state index is 1.01. The Morgan fingerprint density at radius 2 is 2.38 bits per heavy atom. The first-order chi connectivity index (χ1) is 6.40. The Labute approximate surface area is 86.6 Å². The zero-order chi connectivity index (χ0) is 9.10. The lowest BCUT2D eigenvalue weighted by molar-refractivity contribution is 1.19. The van der Waals surface area contributed by atoms with E-state index >= 15 is 0 Å². The Kier molecular flexibility index (Phi) is 2.86. The summed E-state index contributed by atoms with van der Waals surface area (Å²) in [6, 6.07) is 4.38. The van der Waals surface area contributed by atoms with Crippen LogP contribution in [0.25, 0.3) is 0 Å². The zero-order valence-electron chi connectivity index (χ0n) is 7.49. The lowest BCUT2D eigenvalue weighted by atomic mass is 10.3. The van der Waals surface area contributed by atoms with Crippen molar-refractivity contribution in [2.24, 2.45) is 4.99 Å².